The number of hydrogen-bond donors (Lipinski definition) is 4. The van der Waals surface area contributed by atoms with E-state index in [0.29, 0.717) is 76.2 Å². The third-order valence-electron chi connectivity index (χ3n) is 21.6. The first-order valence-corrected chi connectivity index (χ1v) is 42.5. The van der Waals surface area contributed by atoms with E-state index in [-0.39, 0.29) is 94.1 Å². The first-order valence-electron chi connectivity index (χ1n) is 42.5. The molecule has 604 valence electrons. The molecule has 0 aliphatic heterocycles. The lowest BCUT2D eigenvalue weighted by atomic mass is 9.79. The lowest BCUT2D eigenvalue weighted by molar-refractivity contribution is 0.0734. The summed E-state index contributed by atoms with van der Waals surface area (Å²) < 4.78 is 14.2. The van der Waals surface area contributed by atoms with Gasteiger partial charge in [0.2, 0.25) is 0 Å². The van der Waals surface area contributed by atoms with Gasteiger partial charge in [0.25, 0.3) is 23.6 Å². The highest BCUT2D eigenvalue weighted by molar-refractivity contribution is 5.96. The molecule has 2 heterocycles. The summed E-state index contributed by atoms with van der Waals surface area (Å²) in [6.07, 6.45) is 34.9. The highest BCUT2D eigenvalue weighted by Gasteiger charge is 2.30. The number of ether oxygens (including phenoxy) is 2. The van der Waals surface area contributed by atoms with Gasteiger partial charge in [0.1, 0.15) is 45.8 Å². The zero-order valence-corrected chi connectivity index (χ0v) is 70.8. The van der Waals surface area contributed by atoms with Gasteiger partial charge in [-0.05, 0) is 127 Å². The minimum absolute atomic E-state index is 0.0823. The quantitative estimate of drug-likeness (QED) is 0.0264. The van der Waals surface area contributed by atoms with Crippen LogP contribution in [0.2, 0.25) is 0 Å². The van der Waals surface area contributed by atoms with Crippen LogP contribution in [-0.4, -0.2) is 116 Å². The van der Waals surface area contributed by atoms with E-state index in [1.54, 1.807) is 0 Å². The summed E-state index contributed by atoms with van der Waals surface area (Å²) >= 11 is 0. The van der Waals surface area contributed by atoms with E-state index in [0.717, 1.165) is 144 Å². The van der Waals surface area contributed by atoms with Gasteiger partial charge in [-0.1, -0.05) is 288 Å². The Morgan fingerprint density at radius 1 is 0.345 bits per heavy atom. The topological polar surface area (TPSA) is 209 Å². The second kappa shape index (κ2) is 43.8. The summed E-state index contributed by atoms with van der Waals surface area (Å²) in [4.78, 5) is 78.1. The molecule has 0 saturated carbocycles. The van der Waals surface area contributed by atoms with Crippen molar-refractivity contribution < 1.29 is 38.9 Å². The van der Waals surface area contributed by atoms with Crippen LogP contribution < -0.4 is 20.1 Å². The van der Waals surface area contributed by atoms with Gasteiger partial charge in [-0.3, -0.25) is 29.1 Å². The Morgan fingerprint density at radius 3 is 0.836 bits per heavy atom. The van der Waals surface area contributed by atoms with Crippen molar-refractivity contribution in [3.05, 3.63) is 163 Å². The molecule has 1 aliphatic carbocycles. The number of carbonyl (C=O) groups is 4. The molecule has 0 atom stereocenters. The number of phenols is 2. The Labute approximate surface area is 662 Å². The van der Waals surface area contributed by atoms with E-state index < -0.39 is 11.8 Å². The number of unbranched alkanes of at least 4 members (excludes halogenated alkanes) is 20. The first kappa shape index (κ1) is 89.3. The zero-order valence-electron chi connectivity index (χ0n) is 70.8. The van der Waals surface area contributed by atoms with Crippen LogP contribution in [0.5, 0.6) is 23.0 Å². The summed E-state index contributed by atoms with van der Waals surface area (Å²) in [6.45, 7) is 38.8. The molecule has 0 unspecified atom stereocenters. The molecule has 1 aliphatic rings. The number of aromatic hydroxyl groups is 2. The predicted octanol–water partition coefficient (Wildman–Crippen LogP) is 21.3. The molecule has 4 aromatic carbocycles. The van der Waals surface area contributed by atoms with Crippen molar-refractivity contribution in [1.82, 2.24) is 40.4 Å². The predicted molar refractivity (Wildman–Crippen MR) is 449 cm³/mol. The maximum atomic E-state index is 14.2. The number of benzene rings is 4. The Balaban J connectivity index is 1.18. The van der Waals surface area contributed by atoms with Crippen molar-refractivity contribution in [1.29, 1.82) is 0 Å². The third kappa shape index (κ3) is 27.8. The van der Waals surface area contributed by atoms with Gasteiger partial charge in [0, 0.05) is 65.0 Å². The molecule has 4 N–H and O–H groups in total. The number of nitrogens with zero attached hydrogens (tertiary/aromatic N) is 6. The van der Waals surface area contributed by atoms with E-state index in [1.165, 1.54) is 102 Å². The fourth-order valence-corrected chi connectivity index (χ4v) is 14.5. The number of hydrogen-bond acceptors (Lipinski definition) is 12. The molecule has 0 spiro atoms. The van der Waals surface area contributed by atoms with Crippen LogP contribution in [0.3, 0.4) is 0 Å². The van der Waals surface area contributed by atoms with Crippen molar-refractivity contribution in [3.8, 4) is 23.0 Å². The second-order valence-corrected chi connectivity index (χ2v) is 35.4. The highest BCUT2D eigenvalue weighted by atomic mass is 16.5. The third-order valence-corrected chi connectivity index (χ3v) is 21.6. The smallest absolute Gasteiger partial charge is 0.274 e. The van der Waals surface area contributed by atoms with Crippen molar-refractivity contribution >= 4 is 23.6 Å². The summed E-state index contributed by atoms with van der Waals surface area (Å²) in [5.74, 6) is 0.456. The molecule has 16 nitrogen and oxygen atoms in total. The van der Waals surface area contributed by atoms with E-state index in [4.69, 9.17) is 9.47 Å². The fourth-order valence-electron chi connectivity index (χ4n) is 14.5. The van der Waals surface area contributed by atoms with Crippen LogP contribution in [0.15, 0.2) is 73.3 Å². The van der Waals surface area contributed by atoms with Gasteiger partial charge in [-0.25, -0.2) is 9.97 Å². The maximum absolute atomic E-state index is 14.2. The van der Waals surface area contributed by atoms with Crippen LogP contribution in [0.4, 0.5) is 0 Å². The monoisotopic (exact) mass is 1510 g/mol. The second-order valence-electron chi connectivity index (χ2n) is 35.4. The largest absolute Gasteiger partial charge is 0.507 e. The minimum Gasteiger partial charge on any atom is -0.507 e. The Bertz CT molecular complexity index is 3530. The fraction of sp³-hybridized carbons (Fsp3) is 0.617. The van der Waals surface area contributed by atoms with Gasteiger partial charge in [0.15, 0.2) is 0 Å². The molecule has 110 heavy (non-hydrogen) atoms. The number of carbonyl (C=O) groups excluding carboxylic acids is 4. The standard InChI is InChI=1S/C94H140N8O8/c1-17-21-25-29-33-37-45-101(46-38-34-30-26-22-18-2)89(107)81-65-95-63-79(99-81)87(105)97-43-41-49-109-85-71-51-67-55-75(91(5,6)7)57-69(83(67)103)53-73-61-78(94(14,15)16)62-74(54-70-58-76(92(8,9)10)56-68(84(70)104)52-72(85)60-77(59-71)93(11,12)13)86(73)110-50-42-44-98-88(106)80-64-96-66-82(100-80)90(108)102(47-39-35-31-27-23-19-3)48-40-36-32-28-24-20-4/h55-66,103-104H,17-54H2,1-16H3,(H,97,105)(H,98,106). The van der Waals surface area contributed by atoms with Crippen LogP contribution in [0.25, 0.3) is 0 Å². The number of nitrogens with one attached hydrogen (secondary N) is 2. The Hall–Kier alpha value is -7.88. The molecule has 8 bridgehead atoms. The molecule has 16 heteroatoms. The summed E-state index contributed by atoms with van der Waals surface area (Å²) in [5.41, 5.74) is 10.0. The van der Waals surface area contributed by atoms with E-state index >= 15 is 0 Å². The number of rotatable bonds is 42. The Morgan fingerprint density at radius 2 is 0.582 bits per heavy atom. The molecule has 4 amide bonds. The van der Waals surface area contributed by atoms with E-state index in [2.05, 4.69) is 190 Å². The summed E-state index contributed by atoms with van der Waals surface area (Å²) in [5, 5.41) is 32.2. The van der Waals surface area contributed by atoms with Crippen LogP contribution in [0.1, 0.15) is 386 Å². The van der Waals surface area contributed by atoms with Gasteiger partial charge in [0.05, 0.1) is 38.0 Å². The van der Waals surface area contributed by atoms with Crippen molar-refractivity contribution in [2.24, 2.45) is 0 Å². The van der Waals surface area contributed by atoms with E-state index in [1.807, 2.05) is 9.80 Å². The van der Waals surface area contributed by atoms with Crippen LogP contribution in [-0.2, 0) is 47.3 Å². The van der Waals surface area contributed by atoms with Crippen molar-refractivity contribution in [2.45, 2.75) is 325 Å². The van der Waals surface area contributed by atoms with E-state index in [9.17, 15) is 29.4 Å². The summed E-state index contributed by atoms with van der Waals surface area (Å²) in [6, 6.07) is 17.4. The number of amides is 4. The molecule has 0 saturated heterocycles. The van der Waals surface area contributed by atoms with Gasteiger partial charge >= 0.3 is 0 Å². The molecule has 2 aromatic heterocycles. The average Bonchev–Trinajstić information content (AvgIpc) is 0.764. The molecule has 0 radical (unpaired) electrons. The van der Waals surface area contributed by atoms with Crippen molar-refractivity contribution in [2.75, 3.05) is 52.5 Å². The molecular weight excluding hydrogens is 1370 g/mol. The molecular formula is C94H140N8O8. The maximum Gasteiger partial charge on any atom is 0.274 e. The van der Waals surface area contributed by atoms with Crippen LogP contribution in [0, 0.1) is 0 Å². The minimum atomic E-state index is -0.423. The van der Waals surface area contributed by atoms with Gasteiger partial charge < -0.3 is 40.1 Å². The van der Waals surface area contributed by atoms with Gasteiger partial charge in [-0.15, -0.1) is 0 Å². The zero-order chi connectivity index (χ0) is 80.0. The van der Waals surface area contributed by atoms with Crippen LogP contribution >= 0.6 is 0 Å². The number of aromatic nitrogens is 4. The Kier molecular flexibility index (Phi) is 35.6. The molecule has 0 fully saturated rings. The molecule has 7 rings (SSSR count). The van der Waals surface area contributed by atoms with Crippen molar-refractivity contribution in [3.63, 3.8) is 0 Å². The number of phenolic OH excluding ortho intramolecular Hbond substituents is 2. The molecule has 6 aromatic rings. The SMILES string of the molecule is CCCCCCCCN(CCCCCCCC)C(=O)c1cncc(C(=O)NCCCOc2c3cc(C(C)(C)C)cc2Cc2cc(C(C)(C)C)cc(c2O)Cc2cc(C(C)(C)C)cc(c2OCCCNC(=O)c2cncc(C(=O)N(CCCCCCCC)CCCCCCCC)n2)Cc2cc(C(C)(C)C)cc(c2O)C3)n1. The normalized spacial score (nSPS) is 12.6. The highest BCUT2D eigenvalue weighted by Crippen LogP contribution is 2.44. The lowest BCUT2D eigenvalue weighted by Crippen LogP contribution is -2.34. The summed E-state index contributed by atoms with van der Waals surface area (Å²) in [7, 11) is 0. The van der Waals surface area contributed by atoms with Gasteiger partial charge in [-0.2, -0.15) is 0 Å². The number of fused-ring (bicyclic) bond motifs is 8. The average molecular weight is 1510 g/mol. The lowest BCUT2D eigenvalue weighted by Gasteiger charge is -2.28. The first-order chi connectivity index (χ1) is 52.4.